The van der Waals surface area contributed by atoms with Crippen molar-refractivity contribution in [2.24, 2.45) is 5.92 Å². The van der Waals surface area contributed by atoms with Crippen molar-refractivity contribution in [3.63, 3.8) is 0 Å². The molecule has 0 aliphatic heterocycles. The predicted octanol–water partition coefficient (Wildman–Crippen LogP) is 3.46. The largest absolute Gasteiger partial charge is 0.497 e. The Morgan fingerprint density at radius 2 is 1.42 bits per heavy atom. The monoisotopic (exact) mass is 377 g/mol. The van der Waals surface area contributed by atoms with Gasteiger partial charge >= 0.3 is 11.9 Å². The Morgan fingerprint density at radius 1 is 0.885 bits per heavy atom. The van der Waals surface area contributed by atoms with Crippen LogP contribution < -0.4 is 10.1 Å². The molecule has 0 heterocycles. The molecule has 26 heavy (non-hydrogen) atoms. The van der Waals surface area contributed by atoms with Crippen LogP contribution in [0, 0.1) is 5.92 Å². The summed E-state index contributed by atoms with van der Waals surface area (Å²) in [6.45, 7) is 0. The third kappa shape index (κ3) is 4.67. The second-order valence-corrected chi connectivity index (χ2v) is 5.86. The number of carbonyl (C=O) groups is 2. The third-order valence-electron chi connectivity index (χ3n) is 3.88. The molecule has 6 nitrogen and oxygen atoms in total. The van der Waals surface area contributed by atoms with Gasteiger partial charge in [-0.25, -0.2) is 0 Å². The van der Waals surface area contributed by atoms with E-state index in [9.17, 15) is 9.59 Å². The van der Waals surface area contributed by atoms with Crippen LogP contribution in [0.5, 0.6) is 5.75 Å². The highest BCUT2D eigenvalue weighted by Crippen LogP contribution is 2.30. The van der Waals surface area contributed by atoms with Gasteiger partial charge in [0, 0.05) is 10.7 Å². The van der Waals surface area contributed by atoms with Crippen molar-refractivity contribution in [2.45, 2.75) is 6.04 Å². The second-order valence-electron chi connectivity index (χ2n) is 5.43. The van der Waals surface area contributed by atoms with Gasteiger partial charge in [0.15, 0.2) is 5.92 Å². The molecule has 0 spiro atoms. The summed E-state index contributed by atoms with van der Waals surface area (Å²) < 4.78 is 14.8. The molecule has 0 radical (unpaired) electrons. The molecular weight excluding hydrogens is 358 g/mol. The number of esters is 2. The van der Waals surface area contributed by atoms with E-state index in [4.69, 9.17) is 25.8 Å². The lowest BCUT2D eigenvalue weighted by molar-refractivity contribution is -0.159. The van der Waals surface area contributed by atoms with Gasteiger partial charge in [0.05, 0.1) is 27.4 Å². The van der Waals surface area contributed by atoms with Crippen LogP contribution in [-0.4, -0.2) is 33.3 Å². The Balaban J connectivity index is 2.45. The fourth-order valence-corrected chi connectivity index (χ4v) is 2.64. The van der Waals surface area contributed by atoms with Crippen molar-refractivity contribution in [1.82, 2.24) is 0 Å². The third-order valence-corrected chi connectivity index (χ3v) is 4.14. The van der Waals surface area contributed by atoms with Crippen molar-refractivity contribution < 1.29 is 23.8 Å². The van der Waals surface area contributed by atoms with Crippen LogP contribution in [0.1, 0.15) is 11.6 Å². The number of benzene rings is 2. The van der Waals surface area contributed by atoms with Crippen molar-refractivity contribution in [3.05, 3.63) is 59.1 Å². The molecule has 138 valence electrons. The molecule has 7 heteroatoms. The van der Waals surface area contributed by atoms with Gasteiger partial charge in [-0.2, -0.15) is 0 Å². The van der Waals surface area contributed by atoms with E-state index in [2.05, 4.69) is 5.32 Å². The first-order chi connectivity index (χ1) is 12.5. The van der Waals surface area contributed by atoms with Crippen LogP contribution in [0.15, 0.2) is 48.5 Å². The molecule has 1 N–H and O–H groups in total. The van der Waals surface area contributed by atoms with Gasteiger partial charge in [-0.15, -0.1) is 0 Å². The number of halogens is 1. The number of methoxy groups -OCH3 is 3. The Labute approximate surface area is 157 Å². The van der Waals surface area contributed by atoms with Crippen molar-refractivity contribution in [2.75, 3.05) is 26.6 Å². The van der Waals surface area contributed by atoms with E-state index in [-0.39, 0.29) is 0 Å². The molecule has 0 saturated heterocycles. The van der Waals surface area contributed by atoms with E-state index >= 15 is 0 Å². The van der Waals surface area contributed by atoms with Crippen LogP contribution in [0.4, 0.5) is 5.69 Å². The highest BCUT2D eigenvalue weighted by Gasteiger charge is 2.38. The van der Waals surface area contributed by atoms with Gasteiger partial charge in [-0.1, -0.05) is 23.7 Å². The first-order valence-electron chi connectivity index (χ1n) is 7.82. The summed E-state index contributed by atoms with van der Waals surface area (Å²) in [6, 6.07) is 13.3. The fraction of sp³-hybridized carbons (Fsp3) is 0.263. The molecule has 0 amide bonds. The van der Waals surface area contributed by atoms with Crippen LogP contribution >= 0.6 is 11.6 Å². The zero-order chi connectivity index (χ0) is 19.1. The molecule has 0 saturated carbocycles. The summed E-state index contributed by atoms with van der Waals surface area (Å²) in [6.07, 6.45) is 0. The summed E-state index contributed by atoms with van der Waals surface area (Å²) in [7, 11) is 4.02. The highest BCUT2D eigenvalue weighted by atomic mass is 35.5. The number of rotatable bonds is 7. The molecular formula is C19H20ClNO5. The summed E-state index contributed by atoms with van der Waals surface area (Å²) >= 11 is 5.92. The minimum Gasteiger partial charge on any atom is -0.497 e. The van der Waals surface area contributed by atoms with E-state index in [1.165, 1.54) is 14.2 Å². The number of anilines is 1. The molecule has 2 aromatic carbocycles. The van der Waals surface area contributed by atoms with Crippen LogP contribution in [0.3, 0.4) is 0 Å². The first kappa shape index (κ1) is 19.6. The molecule has 0 fully saturated rings. The Bertz CT molecular complexity index is 730. The van der Waals surface area contributed by atoms with E-state index in [1.54, 1.807) is 55.6 Å². The molecule has 1 atom stereocenters. The molecule has 0 aliphatic rings. The van der Waals surface area contributed by atoms with Crippen molar-refractivity contribution in [1.29, 1.82) is 0 Å². The quantitative estimate of drug-likeness (QED) is 0.588. The minimum absolute atomic E-state index is 0.578. The van der Waals surface area contributed by atoms with E-state index in [0.29, 0.717) is 22.0 Å². The number of hydrogen-bond donors (Lipinski definition) is 1. The average Bonchev–Trinajstić information content (AvgIpc) is 2.68. The zero-order valence-electron chi connectivity index (χ0n) is 14.7. The lowest BCUT2D eigenvalue weighted by Gasteiger charge is -2.26. The molecule has 2 aromatic rings. The van der Waals surface area contributed by atoms with Crippen molar-refractivity contribution >= 4 is 29.2 Å². The summed E-state index contributed by atoms with van der Waals surface area (Å²) in [5.41, 5.74) is 1.38. The topological polar surface area (TPSA) is 73.9 Å². The molecule has 0 aliphatic carbocycles. The number of nitrogens with one attached hydrogen (secondary N) is 1. The maximum atomic E-state index is 12.3. The van der Waals surface area contributed by atoms with Crippen LogP contribution in [-0.2, 0) is 19.1 Å². The summed E-state index contributed by atoms with van der Waals surface area (Å²) in [4.78, 5) is 24.6. The normalized spacial score (nSPS) is 11.6. The maximum Gasteiger partial charge on any atom is 0.322 e. The minimum atomic E-state index is -1.19. The summed E-state index contributed by atoms with van der Waals surface area (Å²) in [5, 5.41) is 3.77. The zero-order valence-corrected chi connectivity index (χ0v) is 15.4. The highest BCUT2D eigenvalue weighted by molar-refractivity contribution is 6.30. The van der Waals surface area contributed by atoms with Gasteiger partial charge < -0.3 is 19.5 Å². The second kappa shape index (κ2) is 9.10. The van der Waals surface area contributed by atoms with E-state index in [1.807, 2.05) is 0 Å². The standard InChI is InChI=1S/C19H20ClNO5/c1-24-15-10-4-12(5-11-15)17(16(18(22)25-2)19(23)26-3)21-14-8-6-13(20)7-9-14/h4-11,16-17,21H,1-3H3. The number of hydrogen-bond acceptors (Lipinski definition) is 6. The molecule has 0 aromatic heterocycles. The fourth-order valence-electron chi connectivity index (χ4n) is 2.52. The van der Waals surface area contributed by atoms with Gasteiger partial charge in [0.2, 0.25) is 0 Å². The van der Waals surface area contributed by atoms with Gasteiger partial charge in [-0.3, -0.25) is 9.59 Å². The predicted molar refractivity (Wildman–Crippen MR) is 98.3 cm³/mol. The molecule has 2 rings (SSSR count). The first-order valence-corrected chi connectivity index (χ1v) is 8.19. The van der Waals surface area contributed by atoms with E-state index < -0.39 is 23.9 Å². The average molecular weight is 378 g/mol. The van der Waals surface area contributed by atoms with Gasteiger partial charge in [0.25, 0.3) is 0 Å². The lowest BCUT2D eigenvalue weighted by atomic mass is 9.92. The number of carbonyl (C=O) groups excluding carboxylic acids is 2. The van der Waals surface area contributed by atoms with Gasteiger partial charge in [-0.05, 0) is 42.0 Å². The Hall–Kier alpha value is -2.73. The van der Waals surface area contributed by atoms with Crippen molar-refractivity contribution in [3.8, 4) is 5.75 Å². The smallest absolute Gasteiger partial charge is 0.322 e. The Morgan fingerprint density at radius 3 is 1.88 bits per heavy atom. The maximum absolute atomic E-state index is 12.3. The molecule has 1 unspecified atom stereocenters. The van der Waals surface area contributed by atoms with Crippen LogP contribution in [0.25, 0.3) is 0 Å². The summed E-state index contributed by atoms with van der Waals surface area (Å²) in [5.74, 6) is -1.92. The molecule has 0 bridgehead atoms. The Kier molecular flexibility index (Phi) is 6.86. The van der Waals surface area contributed by atoms with Crippen LogP contribution in [0.2, 0.25) is 5.02 Å². The number of ether oxygens (including phenoxy) is 3. The lowest BCUT2D eigenvalue weighted by Crippen LogP contribution is -2.35. The van der Waals surface area contributed by atoms with E-state index in [0.717, 1.165) is 0 Å². The van der Waals surface area contributed by atoms with Gasteiger partial charge in [0.1, 0.15) is 5.75 Å². The SMILES string of the molecule is COC(=O)C(C(=O)OC)C(Nc1ccc(Cl)cc1)c1ccc(OC)cc1.